The lowest BCUT2D eigenvalue weighted by molar-refractivity contribution is -0.0441. The molecule has 1 amide bonds. The fourth-order valence-corrected chi connectivity index (χ4v) is 2.01. The summed E-state index contributed by atoms with van der Waals surface area (Å²) >= 11 is 0. The lowest BCUT2D eigenvalue weighted by Gasteiger charge is -2.19. The van der Waals surface area contributed by atoms with E-state index < -0.39 is 11.7 Å². The zero-order chi connectivity index (χ0) is 16.0. The molecule has 0 spiro atoms. The van der Waals surface area contributed by atoms with Crippen LogP contribution in [0.4, 0.5) is 4.79 Å². The van der Waals surface area contributed by atoms with Crippen molar-refractivity contribution >= 4 is 12.2 Å². The van der Waals surface area contributed by atoms with Gasteiger partial charge in [0.15, 0.2) is 6.29 Å². The minimum Gasteiger partial charge on any atom is -0.444 e. The maximum Gasteiger partial charge on any atom is 0.407 e. The lowest BCUT2D eigenvalue weighted by atomic mass is 10.1. The van der Waals surface area contributed by atoms with Crippen LogP contribution >= 0.6 is 0 Å². The first-order chi connectivity index (χ1) is 10.4. The van der Waals surface area contributed by atoms with Gasteiger partial charge in [-0.15, -0.1) is 0 Å². The Bertz CT molecular complexity index is 528. The Morgan fingerprint density at radius 2 is 2.09 bits per heavy atom. The van der Waals surface area contributed by atoms with Crippen LogP contribution in [0.15, 0.2) is 30.3 Å². The second-order valence-electron chi connectivity index (χ2n) is 6.03. The Hall–Kier alpha value is -1.85. The molecular formula is C17H23NO4. The highest BCUT2D eigenvalue weighted by atomic mass is 16.7. The van der Waals surface area contributed by atoms with E-state index in [9.17, 15) is 4.79 Å². The Morgan fingerprint density at radius 1 is 1.36 bits per heavy atom. The molecule has 0 saturated carbocycles. The van der Waals surface area contributed by atoms with Crippen molar-refractivity contribution in [2.24, 2.45) is 0 Å². The van der Waals surface area contributed by atoms with Crippen molar-refractivity contribution in [1.82, 2.24) is 5.32 Å². The predicted molar refractivity (Wildman–Crippen MR) is 84.4 cm³/mol. The largest absolute Gasteiger partial charge is 0.444 e. The summed E-state index contributed by atoms with van der Waals surface area (Å²) < 4.78 is 16.1. The molecule has 1 aromatic rings. The minimum atomic E-state index is -0.483. The normalized spacial score (nSPS) is 16.1. The van der Waals surface area contributed by atoms with E-state index in [4.69, 9.17) is 14.2 Å². The third-order valence-electron chi connectivity index (χ3n) is 2.88. The predicted octanol–water partition coefficient (Wildman–Crippen LogP) is 3.27. The van der Waals surface area contributed by atoms with Gasteiger partial charge in [-0.05, 0) is 32.4 Å². The summed E-state index contributed by atoms with van der Waals surface area (Å²) in [6, 6.07) is 7.94. The second kappa shape index (κ2) is 7.42. The molecule has 0 radical (unpaired) electrons. The van der Waals surface area contributed by atoms with Gasteiger partial charge in [-0.25, -0.2) is 4.79 Å². The van der Waals surface area contributed by atoms with Crippen molar-refractivity contribution in [1.29, 1.82) is 0 Å². The van der Waals surface area contributed by atoms with E-state index in [0.717, 1.165) is 11.1 Å². The van der Waals surface area contributed by atoms with Gasteiger partial charge in [0, 0.05) is 12.1 Å². The van der Waals surface area contributed by atoms with Gasteiger partial charge in [-0.2, -0.15) is 0 Å². The minimum absolute atomic E-state index is 0.270. The van der Waals surface area contributed by atoms with Crippen LogP contribution in [0.3, 0.4) is 0 Å². The molecule has 5 nitrogen and oxygen atoms in total. The number of hydrogen-bond donors (Lipinski definition) is 1. The van der Waals surface area contributed by atoms with Crippen LogP contribution in [0.5, 0.6) is 0 Å². The number of carbonyl (C=O) groups excluding carboxylic acids is 1. The molecule has 0 aliphatic carbocycles. The molecule has 1 aliphatic rings. The van der Waals surface area contributed by atoms with E-state index in [2.05, 4.69) is 5.32 Å². The van der Waals surface area contributed by atoms with Gasteiger partial charge in [-0.3, -0.25) is 0 Å². The molecule has 1 N–H and O–H groups in total. The van der Waals surface area contributed by atoms with E-state index >= 15 is 0 Å². The molecule has 1 aromatic carbocycles. The van der Waals surface area contributed by atoms with E-state index in [1.54, 1.807) is 0 Å². The Balaban J connectivity index is 1.83. The monoisotopic (exact) mass is 305 g/mol. The first kappa shape index (κ1) is 16.5. The number of carbonyl (C=O) groups is 1. The van der Waals surface area contributed by atoms with Crippen LogP contribution in [0.2, 0.25) is 0 Å². The van der Waals surface area contributed by atoms with Gasteiger partial charge < -0.3 is 19.5 Å². The number of nitrogens with one attached hydrogen (secondary N) is 1. The molecule has 5 heteroatoms. The molecular weight excluding hydrogens is 282 g/mol. The molecule has 1 heterocycles. The van der Waals surface area contributed by atoms with Crippen LogP contribution in [0.25, 0.3) is 6.08 Å². The smallest absolute Gasteiger partial charge is 0.407 e. The van der Waals surface area contributed by atoms with Gasteiger partial charge in [0.05, 0.1) is 13.2 Å². The zero-order valence-electron chi connectivity index (χ0n) is 13.3. The van der Waals surface area contributed by atoms with Crippen molar-refractivity contribution in [3.05, 3.63) is 41.5 Å². The molecule has 0 atom stereocenters. The fraction of sp³-hybridized carbons (Fsp3) is 0.471. The summed E-state index contributed by atoms with van der Waals surface area (Å²) in [4.78, 5) is 11.5. The Morgan fingerprint density at radius 3 is 2.77 bits per heavy atom. The average molecular weight is 305 g/mol. The summed E-state index contributed by atoms with van der Waals surface area (Å²) in [5.41, 5.74) is 1.55. The van der Waals surface area contributed by atoms with Crippen molar-refractivity contribution in [3.63, 3.8) is 0 Å². The van der Waals surface area contributed by atoms with Crippen LogP contribution < -0.4 is 5.32 Å². The highest BCUT2D eigenvalue weighted by Gasteiger charge is 2.18. The molecule has 22 heavy (non-hydrogen) atoms. The topological polar surface area (TPSA) is 56.8 Å². The summed E-state index contributed by atoms with van der Waals surface area (Å²) in [5.74, 6) is 0. The molecule has 0 aromatic heterocycles. The number of alkyl carbamates (subject to hydrolysis) is 1. The van der Waals surface area contributed by atoms with E-state index in [1.807, 2.05) is 57.2 Å². The van der Waals surface area contributed by atoms with Gasteiger partial charge in [0.1, 0.15) is 5.60 Å². The fourth-order valence-electron chi connectivity index (χ4n) is 2.01. The number of rotatable bonds is 4. The average Bonchev–Trinajstić information content (AvgIpc) is 2.96. The Labute approximate surface area is 131 Å². The zero-order valence-corrected chi connectivity index (χ0v) is 13.3. The molecule has 1 saturated heterocycles. The van der Waals surface area contributed by atoms with E-state index in [0.29, 0.717) is 19.8 Å². The number of hydrogen-bond acceptors (Lipinski definition) is 4. The Kier molecular flexibility index (Phi) is 5.57. The molecule has 120 valence electrons. The maximum atomic E-state index is 11.5. The second-order valence-corrected chi connectivity index (χ2v) is 6.03. The van der Waals surface area contributed by atoms with Crippen molar-refractivity contribution in [2.75, 3.05) is 19.8 Å². The van der Waals surface area contributed by atoms with Crippen molar-refractivity contribution in [3.8, 4) is 0 Å². The van der Waals surface area contributed by atoms with Gasteiger partial charge in [0.2, 0.25) is 0 Å². The van der Waals surface area contributed by atoms with Crippen molar-refractivity contribution < 1.29 is 19.0 Å². The summed E-state index contributed by atoms with van der Waals surface area (Å²) in [6.45, 7) is 7.17. The third-order valence-corrected chi connectivity index (χ3v) is 2.88. The van der Waals surface area contributed by atoms with Gasteiger partial charge in [0.25, 0.3) is 0 Å². The molecule has 0 bridgehead atoms. The number of ether oxygens (including phenoxy) is 3. The van der Waals surface area contributed by atoms with E-state index in [-0.39, 0.29) is 6.29 Å². The highest BCUT2D eigenvalue weighted by molar-refractivity contribution is 5.68. The lowest BCUT2D eigenvalue weighted by Crippen LogP contribution is -2.32. The van der Waals surface area contributed by atoms with Crippen molar-refractivity contribution in [2.45, 2.75) is 32.7 Å². The highest BCUT2D eigenvalue weighted by Crippen LogP contribution is 2.24. The molecule has 0 unspecified atom stereocenters. The summed E-state index contributed by atoms with van der Waals surface area (Å²) in [7, 11) is 0. The maximum absolute atomic E-state index is 11.5. The van der Waals surface area contributed by atoms with Gasteiger partial charge >= 0.3 is 6.09 Å². The molecule has 2 rings (SSSR count). The van der Waals surface area contributed by atoms with Crippen LogP contribution in [-0.4, -0.2) is 31.5 Å². The SMILES string of the molecule is CC(C)(C)OC(=O)NCC=Cc1cccc(C2OCCO2)c1. The molecule has 1 fully saturated rings. The van der Waals surface area contributed by atoms with Gasteiger partial charge in [-0.1, -0.05) is 30.4 Å². The van der Waals surface area contributed by atoms with Crippen LogP contribution in [-0.2, 0) is 14.2 Å². The first-order valence-corrected chi connectivity index (χ1v) is 7.40. The quantitative estimate of drug-likeness (QED) is 0.927. The van der Waals surface area contributed by atoms with E-state index in [1.165, 1.54) is 0 Å². The van der Waals surface area contributed by atoms with Crippen LogP contribution in [0.1, 0.15) is 38.2 Å². The molecule has 1 aliphatic heterocycles. The number of benzene rings is 1. The number of amides is 1. The third kappa shape index (κ3) is 5.50. The summed E-state index contributed by atoms with van der Waals surface area (Å²) in [5, 5.41) is 2.68. The van der Waals surface area contributed by atoms with Crippen LogP contribution in [0, 0.1) is 0 Å². The standard InChI is InChI=1S/C17H23NO4/c1-17(2,3)22-16(19)18-9-5-7-13-6-4-8-14(12-13)15-20-10-11-21-15/h4-8,12,15H,9-11H2,1-3H3,(H,18,19). The summed E-state index contributed by atoms with van der Waals surface area (Å²) in [6.07, 6.45) is 3.13. The first-order valence-electron chi connectivity index (χ1n) is 7.40.